The zero-order valence-corrected chi connectivity index (χ0v) is 17.4. The van der Waals surface area contributed by atoms with Crippen molar-refractivity contribution in [2.24, 2.45) is 5.73 Å². The number of carboxylic acids is 1. The molecule has 8 N–H and O–H groups in total. The summed E-state index contributed by atoms with van der Waals surface area (Å²) in [6.45, 7) is 1.05. The van der Waals surface area contributed by atoms with Gasteiger partial charge in [-0.3, -0.25) is 14.4 Å². The molecule has 2 aromatic rings. The molecule has 172 valence electrons. The van der Waals surface area contributed by atoms with Gasteiger partial charge in [-0.15, -0.1) is 0 Å². The number of aromatic nitrogens is 2. The van der Waals surface area contributed by atoms with E-state index in [0.29, 0.717) is 11.3 Å². The summed E-state index contributed by atoms with van der Waals surface area (Å²) in [7, 11) is 0. The van der Waals surface area contributed by atoms with Gasteiger partial charge in [-0.05, 0) is 24.6 Å². The van der Waals surface area contributed by atoms with Gasteiger partial charge in [0.25, 0.3) is 0 Å². The average Bonchev–Trinajstić information content (AvgIpc) is 3.25. The molecule has 12 nitrogen and oxygen atoms in total. The zero-order valence-electron chi connectivity index (χ0n) is 17.4. The number of H-pyrrole nitrogens is 1. The highest BCUT2D eigenvalue weighted by Crippen LogP contribution is 2.12. The van der Waals surface area contributed by atoms with Gasteiger partial charge in [0.15, 0.2) is 0 Å². The van der Waals surface area contributed by atoms with Gasteiger partial charge in [-0.25, -0.2) is 9.78 Å². The lowest BCUT2D eigenvalue weighted by atomic mass is 10.0. The summed E-state index contributed by atoms with van der Waals surface area (Å²) < 4.78 is 0. The Morgan fingerprint density at radius 3 is 2.31 bits per heavy atom. The number of phenolic OH excluding ortho intramolecular Hbond substituents is 1. The highest BCUT2D eigenvalue weighted by molar-refractivity contribution is 5.92. The second-order valence-electron chi connectivity index (χ2n) is 7.18. The number of aromatic hydroxyl groups is 1. The van der Waals surface area contributed by atoms with Gasteiger partial charge < -0.3 is 36.9 Å². The molecule has 0 fully saturated rings. The van der Waals surface area contributed by atoms with Crippen molar-refractivity contribution in [3.63, 3.8) is 0 Å². The quantitative estimate of drug-likeness (QED) is 0.214. The normalized spacial score (nSPS) is 13.4. The Labute approximate surface area is 183 Å². The molecule has 2 rings (SSSR count). The fourth-order valence-corrected chi connectivity index (χ4v) is 2.74. The number of nitrogens with one attached hydrogen (secondary N) is 4. The van der Waals surface area contributed by atoms with Gasteiger partial charge in [0.05, 0.1) is 18.9 Å². The maximum atomic E-state index is 12.9. The molecule has 0 bridgehead atoms. The third-order valence-electron chi connectivity index (χ3n) is 4.46. The van der Waals surface area contributed by atoms with Gasteiger partial charge >= 0.3 is 5.97 Å². The molecular formula is C20H26N6O6. The van der Waals surface area contributed by atoms with Crippen LogP contribution < -0.4 is 21.7 Å². The van der Waals surface area contributed by atoms with Gasteiger partial charge in [0.2, 0.25) is 17.7 Å². The number of carboxylic acid groups (broad SMARTS) is 1. The summed E-state index contributed by atoms with van der Waals surface area (Å²) >= 11 is 0. The number of phenols is 1. The Bertz CT molecular complexity index is 929. The minimum absolute atomic E-state index is 0.0233. The second kappa shape index (κ2) is 11.5. The van der Waals surface area contributed by atoms with Crippen molar-refractivity contribution < 1.29 is 29.4 Å². The number of benzene rings is 1. The van der Waals surface area contributed by atoms with E-state index >= 15 is 0 Å². The first-order chi connectivity index (χ1) is 15.2. The first kappa shape index (κ1) is 24.3. The summed E-state index contributed by atoms with van der Waals surface area (Å²) in [5.74, 6) is -3.14. The molecule has 0 spiro atoms. The van der Waals surface area contributed by atoms with Crippen LogP contribution in [-0.4, -0.2) is 68.5 Å². The van der Waals surface area contributed by atoms with Crippen molar-refractivity contribution in [1.29, 1.82) is 0 Å². The number of imidazole rings is 1. The molecule has 0 aliphatic rings. The number of hydrogen-bond acceptors (Lipinski definition) is 7. The Hall–Kier alpha value is -3.93. The molecule has 0 radical (unpaired) electrons. The third kappa shape index (κ3) is 7.72. The maximum absolute atomic E-state index is 12.9. The zero-order chi connectivity index (χ0) is 23.7. The van der Waals surface area contributed by atoms with Crippen LogP contribution in [0.25, 0.3) is 0 Å². The summed E-state index contributed by atoms with van der Waals surface area (Å²) in [5.41, 5.74) is 6.56. The van der Waals surface area contributed by atoms with E-state index in [2.05, 4.69) is 25.9 Å². The number of carbonyl (C=O) groups is 4. The SMILES string of the molecule is CC(N)C(=O)NCC(=O)NC(Cc1ccc(O)cc1)C(=O)NC(Cc1cnc[nH]1)C(=O)O. The summed E-state index contributed by atoms with van der Waals surface area (Å²) in [6, 6.07) is 2.78. The molecule has 3 atom stereocenters. The minimum Gasteiger partial charge on any atom is -0.508 e. The summed E-state index contributed by atoms with van der Waals surface area (Å²) in [5, 5.41) is 26.2. The summed E-state index contributed by atoms with van der Waals surface area (Å²) in [4.78, 5) is 54.9. The molecule has 0 aliphatic carbocycles. The number of nitrogens with zero attached hydrogens (tertiary/aromatic N) is 1. The van der Waals surface area contributed by atoms with E-state index in [1.165, 1.54) is 31.6 Å². The van der Waals surface area contributed by atoms with Crippen LogP contribution in [0.5, 0.6) is 5.75 Å². The maximum Gasteiger partial charge on any atom is 0.326 e. The van der Waals surface area contributed by atoms with Crippen LogP contribution in [0, 0.1) is 0 Å². The Morgan fingerprint density at radius 1 is 1.06 bits per heavy atom. The number of aromatic amines is 1. The van der Waals surface area contributed by atoms with Crippen molar-refractivity contribution in [1.82, 2.24) is 25.9 Å². The highest BCUT2D eigenvalue weighted by atomic mass is 16.4. The fourth-order valence-electron chi connectivity index (χ4n) is 2.74. The topological polar surface area (TPSA) is 200 Å². The number of nitrogens with two attached hydrogens (primary N) is 1. The lowest BCUT2D eigenvalue weighted by Gasteiger charge is -2.22. The van der Waals surface area contributed by atoms with Crippen LogP contribution in [0.2, 0.25) is 0 Å². The molecular weight excluding hydrogens is 420 g/mol. The van der Waals surface area contributed by atoms with E-state index in [-0.39, 0.29) is 18.6 Å². The van der Waals surface area contributed by atoms with Crippen LogP contribution in [-0.2, 0) is 32.0 Å². The largest absolute Gasteiger partial charge is 0.508 e. The molecule has 1 aromatic carbocycles. The van der Waals surface area contributed by atoms with Crippen molar-refractivity contribution in [2.75, 3.05) is 6.54 Å². The highest BCUT2D eigenvalue weighted by Gasteiger charge is 2.27. The molecule has 3 unspecified atom stereocenters. The molecule has 1 aromatic heterocycles. The van der Waals surface area contributed by atoms with Gasteiger partial charge in [-0.1, -0.05) is 12.1 Å². The molecule has 12 heteroatoms. The number of aliphatic carboxylic acids is 1. The average molecular weight is 446 g/mol. The van der Waals surface area contributed by atoms with Crippen molar-refractivity contribution in [3.8, 4) is 5.75 Å². The number of hydrogen-bond donors (Lipinski definition) is 7. The lowest BCUT2D eigenvalue weighted by molar-refractivity contribution is -0.142. The smallest absolute Gasteiger partial charge is 0.326 e. The molecule has 0 saturated heterocycles. The molecule has 0 aliphatic heterocycles. The van der Waals surface area contributed by atoms with Crippen LogP contribution >= 0.6 is 0 Å². The van der Waals surface area contributed by atoms with E-state index in [1.54, 1.807) is 12.1 Å². The second-order valence-corrected chi connectivity index (χ2v) is 7.18. The van der Waals surface area contributed by atoms with Crippen molar-refractivity contribution >= 4 is 23.7 Å². The molecule has 3 amide bonds. The Balaban J connectivity index is 2.11. The first-order valence-corrected chi connectivity index (χ1v) is 9.76. The Morgan fingerprint density at radius 2 is 1.75 bits per heavy atom. The Kier molecular flexibility index (Phi) is 8.72. The fraction of sp³-hybridized carbons (Fsp3) is 0.350. The van der Waals surface area contributed by atoms with Crippen LogP contribution in [0.15, 0.2) is 36.8 Å². The first-order valence-electron chi connectivity index (χ1n) is 9.76. The van der Waals surface area contributed by atoms with E-state index in [1.807, 2.05) is 0 Å². The van der Waals surface area contributed by atoms with Gasteiger partial charge in [0.1, 0.15) is 17.8 Å². The molecule has 32 heavy (non-hydrogen) atoms. The molecule has 1 heterocycles. The van der Waals surface area contributed by atoms with E-state index in [9.17, 15) is 29.4 Å². The van der Waals surface area contributed by atoms with Gasteiger partial charge in [-0.2, -0.15) is 0 Å². The number of amides is 3. The standard InChI is InChI=1S/C20H26N6O6/c1-11(21)18(29)23-9-17(28)25-15(6-12-2-4-14(27)5-3-12)19(30)26-16(20(31)32)7-13-8-22-10-24-13/h2-5,8,10-11,15-16,27H,6-7,9,21H2,1H3,(H,22,24)(H,23,29)(H,25,28)(H,26,30)(H,31,32). The monoisotopic (exact) mass is 446 g/mol. The van der Waals surface area contributed by atoms with E-state index < -0.39 is 48.4 Å². The van der Waals surface area contributed by atoms with Crippen LogP contribution in [0.3, 0.4) is 0 Å². The number of rotatable bonds is 11. The van der Waals surface area contributed by atoms with E-state index in [4.69, 9.17) is 5.73 Å². The van der Waals surface area contributed by atoms with E-state index in [0.717, 1.165) is 0 Å². The lowest BCUT2D eigenvalue weighted by Crippen LogP contribution is -2.54. The minimum atomic E-state index is -1.26. The predicted octanol–water partition coefficient (Wildman–Crippen LogP) is -1.58. The predicted molar refractivity (Wildman–Crippen MR) is 112 cm³/mol. The van der Waals surface area contributed by atoms with Gasteiger partial charge in [0, 0.05) is 24.7 Å². The van der Waals surface area contributed by atoms with Crippen LogP contribution in [0.1, 0.15) is 18.2 Å². The third-order valence-corrected chi connectivity index (χ3v) is 4.46. The molecule has 0 saturated carbocycles. The van der Waals surface area contributed by atoms with Crippen molar-refractivity contribution in [3.05, 3.63) is 48.0 Å². The number of carbonyl (C=O) groups excluding carboxylic acids is 3. The van der Waals surface area contributed by atoms with Crippen molar-refractivity contribution in [2.45, 2.75) is 37.9 Å². The summed E-state index contributed by atoms with van der Waals surface area (Å²) in [6.07, 6.45) is 2.82. The van der Waals surface area contributed by atoms with Crippen LogP contribution in [0.4, 0.5) is 0 Å².